The van der Waals surface area contributed by atoms with Crippen LogP contribution in [0, 0.1) is 0 Å². The number of rotatable bonds is 3. The van der Waals surface area contributed by atoms with Crippen LogP contribution in [-0.4, -0.2) is 31.6 Å². The average Bonchev–Trinajstić information content (AvgIpc) is 2.85. The summed E-state index contributed by atoms with van der Waals surface area (Å²) >= 11 is 0. The molecule has 0 amide bonds. The van der Waals surface area contributed by atoms with Gasteiger partial charge in [-0.2, -0.15) is 0 Å². The first-order valence-corrected chi connectivity index (χ1v) is 5.31. The van der Waals surface area contributed by atoms with Crippen LogP contribution >= 0.6 is 0 Å². The van der Waals surface area contributed by atoms with Gasteiger partial charge in [0.15, 0.2) is 6.04 Å². The minimum Gasteiger partial charge on any atom is -0.475 e. The van der Waals surface area contributed by atoms with Gasteiger partial charge in [0.2, 0.25) is 5.90 Å². The molecule has 0 spiro atoms. The first-order valence-electron chi connectivity index (χ1n) is 5.31. The number of nitrogens with zero attached hydrogens (tertiary/aromatic N) is 1. The van der Waals surface area contributed by atoms with Gasteiger partial charge in [-0.05, 0) is 11.6 Å². The smallest absolute Gasteiger partial charge is 0.334 e. The number of hydrogen-bond acceptors (Lipinski definition) is 4. The summed E-state index contributed by atoms with van der Waals surface area (Å²) in [4.78, 5) is 15.3. The van der Waals surface area contributed by atoms with E-state index in [2.05, 4.69) is 9.73 Å². The first kappa shape index (κ1) is 11.4. The Hall–Kier alpha value is -2.10. The Bertz CT molecular complexity index is 451. The van der Waals surface area contributed by atoms with Gasteiger partial charge in [0, 0.05) is 6.08 Å². The molecule has 2 rings (SSSR count). The minimum atomic E-state index is -0.532. The van der Waals surface area contributed by atoms with E-state index < -0.39 is 6.04 Å². The summed E-state index contributed by atoms with van der Waals surface area (Å²) < 4.78 is 9.87. The number of carbonyl (C=O) groups excluding carboxylic acids is 1. The highest BCUT2D eigenvalue weighted by molar-refractivity contribution is 5.95. The van der Waals surface area contributed by atoms with Gasteiger partial charge in [-0.3, -0.25) is 0 Å². The van der Waals surface area contributed by atoms with E-state index in [1.807, 2.05) is 36.4 Å². The van der Waals surface area contributed by atoms with Crippen LogP contribution in [0.15, 0.2) is 41.4 Å². The molecule has 1 aliphatic heterocycles. The highest BCUT2D eigenvalue weighted by Gasteiger charge is 2.25. The van der Waals surface area contributed by atoms with Crippen LogP contribution in [0.5, 0.6) is 0 Å². The van der Waals surface area contributed by atoms with Crippen molar-refractivity contribution in [3.05, 3.63) is 42.0 Å². The maximum absolute atomic E-state index is 11.2. The van der Waals surface area contributed by atoms with E-state index in [4.69, 9.17) is 4.74 Å². The monoisotopic (exact) mass is 231 g/mol. The molecule has 0 bridgehead atoms. The van der Waals surface area contributed by atoms with Crippen molar-refractivity contribution in [2.75, 3.05) is 13.7 Å². The molecule has 1 atom stereocenters. The lowest BCUT2D eigenvalue weighted by molar-refractivity contribution is -0.142. The molecule has 1 aromatic carbocycles. The van der Waals surface area contributed by atoms with Gasteiger partial charge in [0.05, 0.1) is 7.11 Å². The second-order valence-electron chi connectivity index (χ2n) is 3.56. The van der Waals surface area contributed by atoms with Gasteiger partial charge in [-0.25, -0.2) is 9.79 Å². The quantitative estimate of drug-likeness (QED) is 0.743. The standard InChI is InChI=1S/C13H13NO3/c1-16-13(15)11-9-17-12(14-11)8-7-10-5-3-2-4-6-10/h2-8,11H,9H2,1H3/b8-7+/t11-/m0/s1. The molecule has 1 aliphatic rings. The topological polar surface area (TPSA) is 47.9 Å². The van der Waals surface area contributed by atoms with E-state index in [0.717, 1.165) is 5.56 Å². The highest BCUT2D eigenvalue weighted by Crippen LogP contribution is 2.09. The Labute approximate surface area is 99.6 Å². The Kier molecular flexibility index (Phi) is 3.55. The molecule has 0 N–H and O–H groups in total. The number of aliphatic imine (C=N–C) groups is 1. The third-order valence-electron chi connectivity index (χ3n) is 2.36. The van der Waals surface area contributed by atoms with Crippen molar-refractivity contribution in [2.45, 2.75) is 6.04 Å². The fraction of sp³-hybridized carbons (Fsp3) is 0.231. The van der Waals surface area contributed by atoms with Gasteiger partial charge in [0.25, 0.3) is 0 Å². The fourth-order valence-electron chi connectivity index (χ4n) is 1.47. The van der Waals surface area contributed by atoms with E-state index >= 15 is 0 Å². The zero-order valence-electron chi connectivity index (χ0n) is 9.50. The summed E-state index contributed by atoms with van der Waals surface area (Å²) in [6, 6.07) is 9.28. The molecule has 0 aliphatic carbocycles. The lowest BCUT2D eigenvalue weighted by Crippen LogP contribution is -2.21. The van der Waals surface area contributed by atoms with Crippen LogP contribution < -0.4 is 0 Å². The Morgan fingerprint density at radius 1 is 1.41 bits per heavy atom. The Morgan fingerprint density at radius 2 is 2.18 bits per heavy atom. The third-order valence-corrected chi connectivity index (χ3v) is 2.36. The van der Waals surface area contributed by atoms with Crippen molar-refractivity contribution < 1.29 is 14.3 Å². The van der Waals surface area contributed by atoms with Crippen molar-refractivity contribution in [3.8, 4) is 0 Å². The van der Waals surface area contributed by atoms with Crippen molar-refractivity contribution in [1.82, 2.24) is 0 Å². The zero-order chi connectivity index (χ0) is 12.1. The molecule has 1 aromatic rings. The molecule has 0 radical (unpaired) electrons. The van der Waals surface area contributed by atoms with Crippen molar-refractivity contribution in [3.63, 3.8) is 0 Å². The summed E-state index contributed by atoms with van der Waals surface area (Å²) in [6.07, 6.45) is 3.64. The summed E-state index contributed by atoms with van der Waals surface area (Å²) in [5.74, 6) is 0.0948. The van der Waals surface area contributed by atoms with Crippen LogP contribution in [0.1, 0.15) is 5.56 Å². The van der Waals surface area contributed by atoms with Crippen molar-refractivity contribution >= 4 is 17.9 Å². The van der Waals surface area contributed by atoms with Crippen LogP contribution in [0.2, 0.25) is 0 Å². The SMILES string of the molecule is COC(=O)[C@@H]1COC(/C=C/c2ccccc2)=N1. The maximum atomic E-state index is 11.2. The van der Waals surface area contributed by atoms with E-state index in [9.17, 15) is 4.79 Å². The highest BCUT2D eigenvalue weighted by atomic mass is 16.5. The summed E-state index contributed by atoms with van der Waals surface area (Å²) in [5, 5.41) is 0. The third kappa shape index (κ3) is 2.93. The lowest BCUT2D eigenvalue weighted by atomic mass is 10.2. The van der Waals surface area contributed by atoms with Gasteiger partial charge in [-0.1, -0.05) is 30.3 Å². The molecule has 4 heteroatoms. The number of carbonyl (C=O) groups is 1. The van der Waals surface area contributed by atoms with Crippen LogP contribution in [0.4, 0.5) is 0 Å². The number of benzene rings is 1. The van der Waals surface area contributed by atoms with Crippen molar-refractivity contribution in [2.24, 2.45) is 4.99 Å². The average molecular weight is 231 g/mol. The molecule has 0 saturated heterocycles. The predicted molar refractivity (Wildman–Crippen MR) is 64.7 cm³/mol. The van der Waals surface area contributed by atoms with Crippen LogP contribution in [0.3, 0.4) is 0 Å². The van der Waals surface area contributed by atoms with Gasteiger partial charge < -0.3 is 9.47 Å². The molecular weight excluding hydrogens is 218 g/mol. The Morgan fingerprint density at radius 3 is 2.88 bits per heavy atom. The fourth-order valence-corrected chi connectivity index (χ4v) is 1.47. The van der Waals surface area contributed by atoms with E-state index in [1.54, 1.807) is 6.08 Å². The van der Waals surface area contributed by atoms with Crippen LogP contribution in [0.25, 0.3) is 6.08 Å². The van der Waals surface area contributed by atoms with E-state index in [0.29, 0.717) is 5.90 Å². The molecule has 17 heavy (non-hydrogen) atoms. The van der Waals surface area contributed by atoms with Gasteiger partial charge >= 0.3 is 5.97 Å². The first-order chi connectivity index (χ1) is 8.29. The second-order valence-corrected chi connectivity index (χ2v) is 3.56. The minimum absolute atomic E-state index is 0.251. The molecular formula is C13H13NO3. The molecule has 0 fully saturated rings. The predicted octanol–water partition coefficient (Wildman–Crippen LogP) is 1.67. The lowest BCUT2D eigenvalue weighted by Gasteiger charge is -1.99. The number of ether oxygens (including phenoxy) is 2. The molecule has 0 unspecified atom stereocenters. The second kappa shape index (κ2) is 5.30. The van der Waals surface area contributed by atoms with Crippen LogP contribution in [-0.2, 0) is 14.3 Å². The maximum Gasteiger partial charge on any atom is 0.334 e. The zero-order valence-corrected chi connectivity index (χ0v) is 9.50. The largest absolute Gasteiger partial charge is 0.475 e. The van der Waals surface area contributed by atoms with Gasteiger partial charge in [0.1, 0.15) is 6.61 Å². The summed E-state index contributed by atoms with van der Waals surface area (Å²) in [5.41, 5.74) is 1.06. The molecule has 0 aromatic heterocycles. The normalized spacial score (nSPS) is 18.9. The molecule has 88 valence electrons. The molecule has 0 saturated carbocycles. The molecule has 1 heterocycles. The van der Waals surface area contributed by atoms with Crippen molar-refractivity contribution in [1.29, 1.82) is 0 Å². The molecule has 4 nitrogen and oxygen atoms in total. The summed E-state index contributed by atoms with van der Waals surface area (Å²) in [6.45, 7) is 0.251. The number of esters is 1. The number of methoxy groups -OCH3 is 1. The van der Waals surface area contributed by atoms with Gasteiger partial charge in [-0.15, -0.1) is 0 Å². The van der Waals surface area contributed by atoms with E-state index in [-0.39, 0.29) is 12.6 Å². The Balaban J connectivity index is 2.01. The summed E-state index contributed by atoms with van der Waals surface area (Å²) in [7, 11) is 1.34. The van der Waals surface area contributed by atoms with E-state index in [1.165, 1.54) is 7.11 Å². The number of hydrogen-bond donors (Lipinski definition) is 0.